The van der Waals surface area contributed by atoms with Crippen LogP contribution in [0.1, 0.15) is 19.5 Å². The molecule has 0 aliphatic rings. The van der Waals surface area contributed by atoms with Gasteiger partial charge in [0.25, 0.3) is 0 Å². The summed E-state index contributed by atoms with van der Waals surface area (Å²) in [4.78, 5) is 0.177. The van der Waals surface area contributed by atoms with Gasteiger partial charge in [0, 0.05) is 11.8 Å². The summed E-state index contributed by atoms with van der Waals surface area (Å²) in [6.07, 6.45) is 1.13. The Hall–Kier alpha value is -3.07. The SMILES string of the molecule is CC(C)(O)c1cc(-c2cccc(F)c2F)n(-c2ccc(-c3cccc(S(C)(=O)=O)c3)cc2Cl)n1. The molecule has 0 unspecified atom stereocenters. The molecule has 176 valence electrons. The van der Waals surface area contributed by atoms with E-state index in [9.17, 15) is 22.3 Å². The molecule has 4 rings (SSSR count). The highest BCUT2D eigenvalue weighted by molar-refractivity contribution is 7.90. The minimum Gasteiger partial charge on any atom is -0.384 e. The number of hydrogen-bond acceptors (Lipinski definition) is 4. The number of aromatic nitrogens is 2. The van der Waals surface area contributed by atoms with Gasteiger partial charge in [-0.2, -0.15) is 5.10 Å². The lowest BCUT2D eigenvalue weighted by molar-refractivity contribution is 0.0734. The van der Waals surface area contributed by atoms with Crippen LogP contribution in [0.25, 0.3) is 28.1 Å². The van der Waals surface area contributed by atoms with Gasteiger partial charge in [0.1, 0.15) is 5.60 Å². The standard InChI is InChI=1S/C25H21ClF2N2O3S/c1-25(2,31)23-14-22(18-8-5-9-20(27)24(18)28)30(29-23)21-11-10-16(13-19(21)26)15-6-4-7-17(12-15)34(3,32)33/h4-14,31H,1-3H3. The van der Waals surface area contributed by atoms with Crippen LogP contribution in [0.5, 0.6) is 0 Å². The van der Waals surface area contributed by atoms with Crippen molar-refractivity contribution in [3.8, 4) is 28.1 Å². The maximum absolute atomic E-state index is 14.6. The zero-order valence-corrected chi connectivity index (χ0v) is 20.1. The Balaban J connectivity index is 1.87. The maximum atomic E-state index is 14.6. The first kappa shape index (κ1) is 24.1. The second-order valence-corrected chi connectivity index (χ2v) is 10.9. The van der Waals surface area contributed by atoms with Crippen LogP contribution in [-0.4, -0.2) is 29.6 Å². The summed E-state index contributed by atoms with van der Waals surface area (Å²) < 4.78 is 53.8. The van der Waals surface area contributed by atoms with Gasteiger partial charge in [-0.15, -0.1) is 0 Å². The Bertz CT molecular complexity index is 1510. The molecule has 0 radical (unpaired) electrons. The molecule has 0 aliphatic carbocycles. The van der Waals surface area contributed by atoms with Crippen LogP contribution in [0.15, 0.2) is 71.6 Å². The van der Waals surface area contributed by atoms with E-state index in [2.05, 4.69) is 5.10 Å². The first-order chi connectivity index (χ1) is 15.9. The van der Waals surface area contributed by atoms with Gasteiger partial charge in [-0.1, -0.05) is 35.9 Å². The fourth-order valence-electron chi connectivity index (χ4n) is 3.52. The molecule has 4 aromatic rings. The van der Waals surface area contributed by atoms with Gasteiger partial charge >= 0.3 is 0 Å². The summed E-state index contributed by atoms with van der Waals surface area (Å²) in [6, 6.07) is 16.8. The molecular weight excluding hydrogens is 482 g/mol. The van der Waals surface area contributed by atoms with Crippen molar-refractivity contribution in [1.29, 1.82) is 0 Å². The number of aliphatic hydroxyl groups is 1. The number of rotatable bonds is 5. The molecule has 0 saturated carbocycles. The van der Waals surface area contributed by atoms with E-state index in [1.165, 1.54) is 42.8 Å². The molecule has 3 aromatic carbocycles. The molecule has 0 spiro atoms. The molecule has 1 heterocycles. The molecule has 0 saturated heterocycles. The van der Waals surface area contributed by atoms with Crippen molar-refractivity contribution in [3.63, 3.8) is 0 Å². The molecule has 0 bridgehead atoms. The van der Waals surface area contributed by atoms with Crippen LogP contribution < -0.4 is 0 Å². The highest BCUT2D eigenvalue weighted by atomic mass is 35.5. The number of hydrogen-bond donors (Lipinski definition) is 1. The molecule has 9 heteroatoms. The lowest BCUT2D eigenvalue weighted by Crippen LogP contribution is -2.16. The lowest BCUT2D eigenvalue weighted by Gasteiger charge is -2.14. The van der Waals surface area contributed by atoms with Crippen molar-refractivity contribution in [2.75, 3.05) is 6.26 Å². The van der Waals surface area contributed by atoms with E-state index < -0.39 is 27.1 Å². The third-order valence-electron chi connectivity index (χ3n) is 5.34. The van der Waals surface area contributed by atoms with Crippen molar-refractivity contribution in [1.82, 2.24) is 9.78 Å². The number of nitrogens with zero attached hydrogens (tertiary/aromatic N) is 2. The average molecular weight is 503 g/mol. The van der Waals surface area contributed by atoms with E-state index in [1.54, 1.807) is 36.4 Å². The zero-order valence-electron chi connectivity index (χ0n) is 18.6. The first-order valence-electron chi connectivity index (χ1n) is 10.2. The van der Waals surface area contributed by atoms with E-state index in [0.29, 0.717) is 16.8 Å². The number of benzene rings is 3. The second kappa shape index (κ2) is 8.61. The van der Waals surface area contributed by atoms with Gasteiger partial charge in [0.2, 0.25) is 0 Å². The van der Waals surface area contributed by atoms with Crippen LogP contribution in [0, 0.1) is 11.6 Å². The number of sulfone groups is 1. The Morgan fingerprint density at radius 1 is 0.971 bits per heavy atom. The summed E-state index contributed by atoms with van der Waals surface area (Å²) in [5, 5.41) is 15.1. The summed E-state index contributed by atoms with van der Waals surface area (Å²) in [5.41, 5.74) is 0.748. The summed E-state index contributed by atoms with van der Waals surface area (Å²) in [5.74, 6) is -2.06. The summed E-state index contributed by atoms with van der Waals surface area (Å²) in [7, 11) is -3.39. The first-order valence-corrected chi connectivity index (χ1v) is 12.5. The fraction of sp³-hybridized carbons (Fsp3) is 0.160. The smallest absolute Gasteiger partial charge is 0.175 e. The van der Waals surface area contributed by atoms with Crippen molar-refractivity contribution in [3.05, 3.63) is 89.1 Å². The van der Waals surface area contributed by atoms with E-state index in [0.717, 1.165) is 12.3 Å². The highest BCUT2D eigenvalue weighted by Crippen LogP contribution is 2.35. The Morgan fingerprint density at radius 3 is 2.29 bits per heavy atom. The average Bonchev–Trinajstić information content (AvgIpc) is 3.20. The second-order valence-electron chi connectivity index (χ2n) is 8.45. The number of halogens is 3. The zero-order chi connectivity index (χ0) is 24.8. The quantitative estimate of drug-likeness (QED) is 0.376. The van der Waals surface area contributed by atoms with Crippen LogP contribution in [0.2, 0.25) is 5.02 Å². The topological polar surface area (TPSA) is 72.2 Å². The van der Waals surface area contributed by atoms with E-state index in [-0.39, 0.29) is 26.9 Å². The lowest BCUT2D eigenvalue weighted by atomic mass is 10.0. The van der Waals surface area contributed by atoms with Gasteiger partial charge in [0.15, 0.2) is 21.5 Å². The predicted molar refractivity (Wildman–Crippen MR) is 128 cm³/mol. The third-order valence-corrected chi connectivity index (χ3v) is 6.75. The predicted octanol–water partition coefficient (Wildman–Crippen LogP) is 5.77. The van der Waals surface area contributed by atoms with Crippen molar-refractivity contribution in [2.45, 2.75) is 24.3 Å². The Kier molecular flexibility index (Phi) is 6.10. The van der Waals surface area contributed by atoms with Crippen LogP contribution in [0.4, 0.5) is 8.78 Å². The van der Waals surface area contributed by atoms with Gasteiger partial charge in [-0.3, -0.25) is 0 Å². The summed E-state index contributed by atoms with van der Waals surface area (Å²) >= 11 is 6.59. The normalized spacial score (nSPS) is 12.2. The Morgan fingerprint density at radius 2 is 1.65 bits per heavy atom. The maximum Gasteiger partial charge on any atom is 0.175 e. The van der Waals surface area contributed by atoms with Gasteiger partial charge in [-0.25, -0.2) is 21.9 Å². The van der Waals surface area contributed by atoms with Gasteiger partial charge < -0.3 is 5.11 Å². The minimum atomic E-state index is -3.39. The van der Waals surface area contributed by atoms with E-state index in [1.807, 2.05) is 0 Å². The molecule has 34 heavy (non-hydrogen) atoms. The monoisotopic (exact) mass is 502 g/mol. The molecule has 0 atom stereocenters. The van der Waals surface area contributed by atoms with E-state index >= 15 is 0 Å². The molecular formula is C25H21ClF2N2O3S. The largest absolute Gasteiger partial charge is 0.384 e. The molecule has 5 nitrogen and oxygen atoms in total. The van der Waals surface area contributed by atoms with Crippen LogP contribution in [0.3, 0.4) is 0 Å². The minimum absolute atomic E-state index is 0.0380. The summed E-state index contributed by atoms with van der Waals surface area (Å²) in [6.45, 7) is 3.07. The molecule has 0 amide bonds. The van der Waals surface area contributed by atoms with E-state index in [4.69, 9.17) is 11.6 Å². The van der Waals surface area contributed by atoms with Crippen molar-refractivity contribution >= 4 is 21.4 Å². The highest BCUT2D eigenvalue weighted by Gasteiger charge is 2.25. The fourth-order valence-corrected chi connectivity index (χ4v) is 4.45. The Labute approximate surface area is 201 Å². The molecule has 0 fully saturated rings. The third kappa shape index (κ3) is 4.61. The van der Waals surface area contributed by atoms with Crippen molar-refractivity contribution in [2.24, 2.45) is 0 Å². The van der Waals surface area contributed by atoms with Gasteiger partial charge in [0.05, 0.1) is 27.0 Å². The molecule has 1 aromatic heterocycles. The van der Waals surface area contributed by atoms with Crippen LogP contribution >= 0.6 is 11.6 Å². The molecule has 0 aliphatic heterocycles. The van der Waals surface area contributed by atoms with Crippen molar-refractivity contribution < 1.29 is 22.3 Å². The van der Waals surface area contributed by atoms with Crippen LogP contribution in [-0.2, 0) is 15.4 Å². The van der Waals surface area contributed by atoms with Gasteiger partial charge in [-0.05, 0) is 67.4 Å². The molecule has 1 N–H and O–H groups in total.